The summed E-state index contributed by atoms with van der Waals surface area (Å²) in [5.74, 6) is 0.441. The fraction of sp³-hybridized carbons (Fsp3) is 0.273. The van der Waals surface area contributed by atoms with Crippen LogP contribution in [0, 0.1) is 12.7 Å². The minimum atomic E-state index is -0.671. The molecule has 5 rings (SSSR count). The molecule has 3 aromatic carbocycles. The molecule has 0 amide bonds. The van der Waals surface area contributed by atoms with Gasteiger partial charge >= 0.3 is 57.1 Å². The van der Waals surface area contributed by atoms with Crippen molar-refractivity contribution in [3.63, 3.8) is 0 Å². The molecule has 0 aliphatic carbocycles. The van der Waals surface area contributed by atoms with Crippen molar-refractivity contribution >= 4 is 51.4 Å². The molecule has 0 spiro atoms. The van der Waals surface area contributed by atoms with E-state index < -0.39 is 11.6 Å². The van der Waals surface area contributed by atoms with E-state index in [1.54, 1.807) is 28.8 Å². The Balaban J connectivity index is 0.00000423. The number of hydrogen-bond donors (Lipinski definition) is 1. The van der Waals surface area contributed by atoms with Gasteiger partial charge in [0.1, 0.15) is 23.0 Å². The summed E-state index contributed by atoms with van der Waals surface area (Å²) in [7, 11) is 0. The molecule has 2 heterocycles. The molecule has 0 aliphatic heterocycles. The molecule has 0 fully saturated rings. The molecule has 8 nitrogen and oxygen atoms in total. The van der Waals surface area contributed by atoms with Gasteiger partial charge in [0.25, 0.3) is 5.56 Å². The molecule has 5 aromatic rings. The number of benzene rings is 3. The molecule has 0 unspecified atom stereocenters. The molecule has 218 valence electrons. The maximum absolute atomic E-state index is 15.6. The number of aromatic amines is 1. The number of rotatable bonds is 8. The van der Waals surface area contributed by atoms with Gasteiger partial charge in [0.15, 0.2) is 5.82 Å². The summed E-state index contributed by atoms with van der Waals surface area (Å²) in [6.45, 7) is 9.80. The fourth-order valence-corrected chi connectivity index (χ4v) is 4.97. The molecule has 10 heteroatoms. The minimum absolute atomic E-state index is 0. The van der Waals surface area contributed by atoms with Crippen molar-refractivity contribution in [2.75, 3.05) is 0 Å². The molecule has 2 aromatic heterocycles. The van der Waals surface area contributed by atoms with Crippen LogP contribution in [0.15, 0.2) is 80.8 Å². The van der Waals surface area contributed by atoms with Gasteiger partial charge in [0, 0.05) is 17.5 Å². The van der Waals surface area contributed by atoms with Gasteiger partial charge in [-0.25, -0.2) is 14.2 Å². The van der Waals surface area contributed by atoms with Crippen molar-refractivity contribution in [1.82, 2.24) is 19.7 Å². The number of aryl methyl sites for hydroxylation is 2. The van der Waals surface area contributed by atoms with Crippen LogP contribution in [0.1, 0.15) is 51.2 Å². The van der Waals surface area contributed by atoms with E-state index in [1.165, 1.54) is 6.07 Å². The number of H-pyrrole nitrogens is 1. The summed E-state index contributed by atoms with van der Waals surface area (Å²) in [6.07, 6.45) is 1.37. The Bertz CT molecular complexity index is 1850. The third-order valence-corrected chi connectivity index (χ3v) is 6.78. The molecule has 1 N–H and O–H groups in total. The molecule has 0 saturated carbocycles. The van der Waals surface area contributed by atoms with Gasteiger partial charge in [-0.15, -0.1) is 0 Å². The third-order valence-electron chi connectivity index (χ3n) is 6.78. The first-order valence-electron chi connectivity index (χ1n) is 13.9. The van der Waals surface area contributed by atoms with Gasteiger partial charge in [-0.1, -0.05) is 60.6 Å². The van der Waals surface area contributed by atoms with E-state index in [1.807, 2.05) is 71.0 Å². The molecular formula is C33H34FKN4O4. The Morgan fingerprint density at radius 1 is 0.977 bits per heavy atom. The van der Waals surface area contributed by atoms with Gasteiger partial charge in [-0.3, -0.25) is 18.9 Å². The molecule has 43 heavy (non-hydrogen) atoms. The van der Waals surface area contributed by atoms with Gasteiger partial charge in [0.05, 0.1) is 17.8 Å². The quantitative estimate of drug-likeness (QED) is 0.220. The SMILES string of the molecule is CCCc1nc(C)c(-c2ccc(OC(C)(C)C)cc2)c(=O)n1Cc1ccc(-c2ccccc2-c2noc(=O)[nH]2)cc1F.[KH]. The van der Waals surface area contributed by atoms with Gasteiger partial charge < -0.3 is 4.74 Å². The predicted molar refractivity (Wildman–Crippen MR) is 167 cm³/mol. The Hall–Kier alpha value is -3.15. The molecule has 0 bridgehead atoms. The molecule has 0 aliphatic rings. The zero-order chi connectivity index (χ0) is 30.0. The summed E-state index contributed by atoms with van der Waals surface area (Å²) in [6, 6.07) is 19.5. The Morgan fingerprint density at radius 3 is 2.26 bits per heavy atom. The van der Waals surface area contributed by atoms with E-state index in [0.717, 1.165) is 12.0 Å². The van der Waals surface area contributed by atoms with Crippen molar-refractivity contribution in [2.45, 2.75) is 59.6 Å². The standard InChI is InChI=1S/C33H33FN4O4.K.H/c1-6-9-28-35-20(2)29(21-14-16-24(17-15-21)41-33(3,4)5)31(39)38(28)19-23-13-12-22(18-27(23)34)25-10-7-8-11-26(25)30-36-32(40)42-37-30;;/h7-8,10-18H,6,9,19H2,1-5H3,(H,36,37,40);;. The Morgan fingerprint density at radius 2 is 1.65 bits per heavy atom. The maximum atomic E-state index is 15.6. The van der Waals surface area contributed by atoms with Crippen LogP contribution < -0.4 is 16.1 Å². The first-order chi connectivity index (χ1) is 20.0. The van der Waals surface area contributed by atoms with Crippen LogP contribution in [0.25, 0.3) is 33.6 Å². The van der Waals surface area contributed by atoms with Crippen molar-refractivity contribution in [3.8, 4) is 39.4 Å². The summed E-state index contributed by atoms with van der Waals surface area (Å²) in [5, 5.41) is 3.78. The number of nitrogens with one attached hydrogen (secondary N) is 1. The van der Waals surface area contributed by atoms with E-state index >= 15 is 4.39 Å². The van der Waals surface area contributed by atoms with E-state index in [9.17, 15) is 9.59 Å². The van der Waals surface area contributed by atoms with Gasteiger partial charge in [-0.05, 0) is 69.0 Å². The van der Waals surface area contributed by atoms with Crippen LogP contribution in [0.2, 0.25) is 0 Å². The summed E-state index contributed by atoms with van der Waals surface area (Å²) < 4.78 is 27.8. The molecule has 0 saturated heterocycles. The zero-order valence-electron chi connectivity index (χ0n) is 24.3. The molecular weight excluding hydrogens is 574 g/mol. The van der Waals surface area contributed by atoms with Crippen molar-refractivity contribution in [1.29, 1.82) is 0 Å². The van der Waals surface area contributed by atoms with Crippen LogP contribution >= 0.6 is 0 Å². The summed E-state index contributed by atoms with van der Waals surface area (Å²) >= 11 is 0. The predicted octanol–water partition coefficient (Wildman–Crippen LogP) is 5.90. The Labute approximate surface area is 291 Å². The second kappa shape index (κ2) is 13.6. The number of halogens is 1. The van der Waals surface area contributed by atoms with Crippen molar-refractivity contribution < 1.29 is 13.7 Å². The number of aromatic nitrogens is 4. The monoisotopic (exact) mass is 608 g/mol. The van der Waals surface area contributed by atoms with Crippen molar-refractivity contribution in [2.24, 2.45) is 0 Å². The number of nitrogens with zero attached hydrogens (tertiary/aromatic N) is 3. The van der Waals surface area contributed by atoms with Crippen LogP contribution in [-0.4, -0.2) is 76.7 Å². The van der Waals surface area contributed by atoms with E-state index in [-0.39, 0.29) is 74.9 Å². The number of hydrogen-bond acceptors (Lipinski definition) is 6. The first-order valence-corrected chi connectivity index (χ1v) is 13.9. The zero-order valence-corrected chi connectivity index (χ0v) is 24.3. The summed E-state index contributed by atoms with van der Waals surface area (Å²) in [5.41, 5.74) is 3.49. The second-order valence-corrected chi connectivity index (χ2v) is 11.2. The van der Waals surface area contributed by atoms with E-state index in [4.69, 9.17) is 9.72 Å². The van der Waals surface area contributed by atoms with Gasteiger partial charge in [-0.2, -0.15) is 0 Å². The molecule has 0 radical (unpaired) electrons. The van der Waals surface area contributed by atoms with E-state index in [0.29, 0.717) is 51.5 Å². The second-order valence-electron chi connectivity index (χ2n) is 11.2. The topological polar surface area (TPSA) is 103 Å². The van der Waals surface area contributed by atoms with Gasteiger partial charge in [0.2, 0.25) is 0 Å². The van der Waals surface area contributed by atoms with Crippen LogP contribution in [0.3, 0.4) is 0 Å². The Kier molecular flexibility index (Phi) is 10.4. The fourth-order valence-electron chi connectivity index (χ4n) is 4.97. The van der Waals surface area contributed by atoms with Crippen LogP contribution in [0.5, 0.6) is 5.75 Å². The average Bonchev–Trinajstić information content (AvgIpc) is 3.38. The first kappa shape index (κ1) is 32.8. The molecule has 0 atom stereocenters. The summed E-state index contributed by atoms with van der Waals surface area (Å²) in [4.78, 5) is 32.8. The number of ether oxygens (including phenoxy) is 1. The van der Waals surface area contributed by atoms with Crippen LogP contribution in [-0.2, 0) is 13.0 Å². The third kappa shape index (κ3) is 7.50. The van der Waals surface area contributed by atoms with E-state index in [2.05, 4.69) is 14.7 Å². The van der Waals surface area contributed by atoms with Crippen molar-refractivity contribution in [3.05, 3.63) is 111 Å². The normalized spacial score (nSPS) is 11.3. The average molecular weight is 609 g/mol. The van der Waals surface area contributed by atoms with Crippen LogP contribution in [0.4, 0.5) is 4.39 Å².